The second kappa shape index (κ2) is 7.90. The molecule has 2 aromatic carbocycles. The predicted molar refractivity (Wildman–Crippen MR) is 94.1 cm³/mol. The van der Waals surface area contributed by atoms with Crippen LogP contribution in [-0.2, 0) is 11.3 Å². The van der Waals surface area contributed by atoms with Crippen LogP contribution >= 0.6 is 11.6 Å². The quantitative estimate of drug-likeness (QED) is 0.638. The van der Waals surface area contributed by atoms with E-state index in [4.69, 9.17) is 11.6 Å². The van der Waals surface area contributed by atoms with Crippen molar-refractivity contribution in [2.24, 2.45) is 0 Å². The summed E-state index contributed by atoms with van der Waals surface area (Å²) in [7, 11) is 1.84. The number of rotatable bonds is 6. The molecule has 24 heavy (non-hydrogen) atoms. The molecule has 0 fully saturated rings. The summed E-state index contributed by atoms with van der Waals surface area (Å²) in [6, 6.07) is 12.8. The van der Waals surface area contributed by atoms with Crippen LogP contribution < -0.4 is 5.32 Å². The second-order valence-corrected chi connectivity index (χ2v) is 5.88. The van der Waals surface area contributed by atoms with Gasteiger partial charge in [0.15, 0.2) is 0 Å². The molecule has 2 rings (SSSR count). The molecule has 0 heterocycles. The maximum Gasteiger partial charge on any atom is 0.269 e. The third-order valence-corrected chi connectivity index (χ3v) is 4.13. The first-order valence-electron chi connectivity index (χ1n) is 7.37. The number of amides is 1. The van der Waals surface area contributed by atoms with E-state index in [1.54, 1.807) is 6.92 Å². The summed E-state index contributed by atoms with van der Waals surface area (Å²) in [6.07, 6.45) is 0. The lowest BCUT2D eigenvalue weighted by Crippen LogP contribution is -2.39. The van der Waals surface area contributed by atoms with Crippen molar-refractivity contribution in [1.82, 2.24) is 4.90 Å². The molecule has 0 aromatic heterocycles. The topological polar surface area (TPSA) is 75.5 Å². The van der Waals surface area contributed by atoms with Gasteiger partial charge < -0.3 is 5.32 Å². The number of carbonyl (C=O) groups is 1. The van der Waals surface area contributed by atoms with Gasteiger partial charge in [0.2, 0.25) is 5.91 Å². The fourth-order valence-corrected chi connectivity index (χ4v) is 2.34. The number of likely N-dealkylation sites (N-methyl/N-ethyl adjacent to an activating group) is 1. The number of nitrogens with one attached hydrogen (secondary N) is 1. The molecule has 7 heteroatoms. The summed E-state index contributed by atoms with van der Waals surface area (Å²) in [5, 5.41) is 14.0. The molecule has 2 aromatic rings. The van der Waals surface area contributed by atoms with Crippen LogP contribution in [0.4, 0.5) is 11.4 Å². The Labute approximate surface area is 145 Å². The summed E-state index contributed by atoms with van der Waals surface area (Å²) in [5.41, 5.74) is 1.44. The zero-order valence-electron chi connectivity index (χ0n) is 13.4. The number of benzene rings is 2. The lowest BCUT2D eigenvalue weighted by molar-refractivity contribution is -0.384. The largest absolute Gasteiger partial charge is 0.325 e. The highest BCUT2D eigenvalue weighted by molar-refractivity contribution is 6.31. The second-order valence-electron chi connectivity index (χ2n) is 5.48. The average molecular weight is 348 g/mol. The average Bonchev–Trinajstić information content (AvgIpc) is 2.56. The van der Waals surface area contributed by atoms with E-state index in [0.717, 1.165) is 5.56 Å². The van der Waals surface area contributed by atoms with Crippen LogP contribution in [0.15, 0.2) is 48.5 Å². The van der Waals surface area contributed by atoms with E-state index < -0.39 is 11.0 Å². The predicted octanol–water partition coefficient (Wildman–Crippen LogP) is 3.71. The van der Waals surface area contributed by atoms with Crippen LogP contribution in [0.5, 0.6) is 0 Å². The normalized spacial score (nSPS) is 12.0. The van der Waals surface area contributed by atoms with Crippen molar-refractivity contribution in [2.75, 3.05) is 12.4 Å². The van der Waals surface area contributed by atoms with Crippen LogP contribution in [0.25, 0.3) is 0 Å². The number of carbonyl (C=O) groups excluding carboxylic acids is 1. The maximum atomic E-state index is 12.3. The molecule has 0 bridgehead atoms. The van der Waals surface area contributed by atoms with Gasteiger partial charge in [-0.1, -0.05) is 29.8 Å². The van der Waals surface area contributed by atoms with Crippen molar-refractivity contribution in [3.63, 3.8) is 0 Å². The van der Waals surface area contributed by atoms with Crippen LogP contribution in [0.3, 0.4) is 0 Å². The molecule has 0 saturated carbocycles. The van der Waals surface area contributed by atoms with Crippen LogP contribution in [0.2, 0.25) is 5.02 Å². The number of hydrogen-bond donors (Lipinski definition) is 1. The highest BCUT2D eigenvalue weighted by atomic mass is 35.5. The lowest BCUT2D eigenvalue weighted by atomic mass is 10.2. The van der Waals surface area contributed by atoms with E-state index in [0.29, 0.717) is 17.3 Å². The maximum absolute atomic E-state index is 12.3. The van der Waals surface area contributed by atoms with Crippen molar-refractivity contribution < 1.29 is 9.72 Å². The van der Waals surface area contributed by atoms with E-state index in [2.05, 4.69) is 5.32 Å². The van der Waals surface area contributed by atoms with E-state index in [-0.39, 0.29) is 11.6 Å². The smallest absolute Gasteiger partial charge is 0.269 e. The minimum Gasteiger partial charge on any atom is -0.325 e. The number of nitrogens with zero attached hydrogens (tertiary/aromatic N) is 2. The molecule has 6 nitrogen and oxygen atoms in total. The number of nitro groups is 1. The minimum atomic E-state index is -0.481. The van der Waals surface area contributed by atoms with Crippen LogP contribution in [0.1, 0.15) is 12.5 Å². The number of non-ortho nitro benzene ring substituents is 1. The zero-order valence-corrected chi connectivity index (χ0v) is 14.2. The third kappa shape index (κ3) is 4.53. The molecule has 0 radical (unpaired) electrons. The van der Waals surface area contributed by atoms with Gasteiger partial charge in [-0.3, -0.25) is 19.8 Å². The zero-order chi connectivity index (χ0) is 17.7. The first-order valence-corrected chi connectivity index (χ1v) is 7.75. The number of halogens is 1. The summed E-state index contributed by atoms with van der Waals surface area (Å²) >= 11 is 6.14. The molecule has 0 spiro atoms. The SMILES string of the molecule is CC(C(=O)Nc1ccc([N+](=O)[O-])cc1)N(C)Cc1ccccc1Cl. The fourth-order valence-electron chi connectivity index (χ4n) is 2.15. The highest BCUT2D eigenvalue weighted by Gasteiger charge is 2.19. The molecule has 1 unspecified atom stereocenters. The van der Waals surface area contributed by atoms with Gasteiger partial charge in [0.25, 0.3) is 5.69 Å². The van der Waals surface area contributed by atoms with Crippen molar-refractivity contribution in [3.05, 3.63) is 69.2 Å². The van der Waals surface area contributed by atoms with Gasteiger partial charge in [0, 0.05) is 29.4 Å². The third-order valence-electron chi connectivity index (χ3n) is 3.76. The number of nitro benzene ring substituents is 1. The minimum absolute atomic E-state index is 0.0168. The van der Waals surface area contributed by atoms with Gasteiger partial charge in [-0.25, -0.2) is 0 Å². The van der Waals surface area contributed by atoms with E-state index in [9.17, 15) is 14.9 Å². The van der Waals surface area contributed by atoms with Gasteiger partial charge in [-0.2, -0.15) is 0 Å². The van der Waals surface area contributed by atoms with Gasteiger partial charge >= 0.3 is 0 Å². The Morgan fingerprint density at radius 2 is 1.88 bits per heavy atom. The van der Waals surface area contributed by atoms with E-state index in [1.165, 1.54) is 24.3 Å². The Morgan fingerprint density at radius 1 is 1.25 bits per heavy atom. The van der Waals surface area contributed by atoms with Crippen LogP contribution in [-0.4, -0.2) is 28.8 Å². The molecule has 1 atom stereocenters. The Hall–Kier alpha value is -2.44. The Balaban J connectivity index is 1.98. The van der Waals surface area contributed by atoms with Crippen molar-refractivity contribution in [1.29, 1.82) is 0 Å². The summed E-state index contributed by atoms with van der Waals surface area (Å²) in [5.74, 6) is -0.196. The highest BCUT2D eigenvalue weighted by Crippen LogP contribution is 2.19. The van der Waals surface area contributed by atoms with Gasteiger partial charge in [-0.05, 0) is 37.7 Å². The molecule has 0 aliphatic heterocycles. The van der Waals surface area contributed by atoms with E-state index in [1.807, 2.05) is 36.2 Å². The lowest BCUT2D eigenvalue weighted by Gasteiger charge is -2.24. The Bertz CT molecular complexity index is 734. The Morgan fingerprint density at radius 3 is 2.46 bits per heavy atom. The van der Waals surface area contributed by atoms with Gasteiger partial charge in [-0.15, -0.1) is 0 Å². The van der Waals surface area contributed by atoms with Crippen LogP contribution in [0, 0.1) is 10.1 Å². The van der Waals surface area contributed by atoms with E-state index >= 15 is 0 Å². The summed E-state index contributed by atoms with van der Waals surface area (Å²) in [4.78, 5) is 24.4. The van der Waals surface area contributed by atoms with Gasteiger partial charge in [0.05, 0.1) is 11.0 Å². The molecule has 1 amide bonds. The van der Waals surface area contributed by atoms with Crippen molar-refractivity contribution in [2.45, 2.75) is 19.5 Å². The summed E-state index contributed by atoms with van der Waals surface area (Å²) in [6.45, 7) is 2.33. The first kappa shape index (κ1) is 17.9. The number of hydrogen-bond acceptors (Lipinski definition) is 4. The number of anilines is 1. The first-order chi connectivity index (χ1) is 11.4. The molecule has 126 valence electrons. The molecule has 0 aliphatic carbocycles. The fraction of sp³-hybridized carbons (Fsp3) is 0.235. The molecule has 1 N–H and O–H groups in total. The van der Waals surface area contributed by atoms with Crippen molar-refractivity contribution in [3.8, 4) is 0 Å². The molecular weight excluding hydrogens is 330 g/mol. The Kier molecular flexibility index (Phi) is 5.89. The molecule has 0 aliphatic rings. The standard InChI is InChI=1S/C17H18ClN3O3/c1-12(20(2)11-13-5-3-4-6-16(13)18)17(22)19-14-7-9-15(10-8-14)21(23)24/h3-10,12H,11H2,1-2H3,(H,19,22). The van der Waals surface area contributed by atoms with Gasteiger partial charge in [0.1, 0.15) is 0 Å². The summed E-state index contributed by atoms with van der Waals surface area (Å²) < 4.78 is 0. The molecular formula is C17H18ClN3O3. The monoisotopic (exact) mass is 347 g/mol. The van der Waals surface area contributed by atoms with Crippen molar-refractivity contribution >= 4 is 28.9 Å². The molecule has 0 saturated heterocycles.